The third kappa shape index (κ3) is 2.33. The summed E-state index contributed by atoms with van der Waals surface area (Å²) in [7, 11) is 1.94. The molecule has 0 saturated carbocycles. The van der Waals surface area contributed by atoms with Gasteiger partial charge in [-0.15, -0.1) is 0 Å². The van der Waals surface area contributed by atoms with Crippen LogP contribution >= 0.6 is 32.3 Å². The quantitative estimate of drug-likeness (QED) is 0.242. The predicted octanol–water partition coefficient (Wildman–Crippen LogP) is 0.969. The molecule has 1 heterocycles. The van der Waals surface area contributed by atoms with E-state index in [0.717, 1.165) is 20.6 Å². The molecule has 7 nitrogen and oxygen atoms in total. The van der Waals surface area contributed by atoms with Crippen molar-refractivity contribution in [3.63, 3.8) is 0 Å². The van der Waals surface area contributed by atoms with E-state index >= 15 is 0 Å². The molecule has 0 aromatic carbocycles. The number of thiol groups is 1. The maximum atomic E-state index is 11.0. The van der Waals surface area contributed by atoms with E-state index in [1.54, 1.807) is 0 Å². The number of aromatic amines is 1. The molecule has 0 aliphatic carbocycles. The Morgan fingerprint density at radius 2 is 2.29 bits per heavy atom. The highest BCUT2D eigenvalue weighted by atomic mass is 33.5. The van der Waals surface area contributed by atoms with Gasteiger partial charge in [-0.3, -0.25) is 19.9 Å². The van der Waals surface area contributed by atoms with Gasteiger partial charge in [-0.05, 0) is 20.6 Å². The monoisotopic (exact) mass is 253 g/mol. The maximum absolute atomic E-state index is 11.0. The average Bonchev–Trinajstić information content (AvgIpc) is 2.01. The van der Waals surface area contributed by atoms with E-state index in [0.29, 0.717) is 0 Å². The van der Waals surface area contributed by atoms with E-state index in [2.05, 4.69) is 21.6 Å². The first-order valence-electron chi connectivity index (χ1n) is 3.02. The molecule has 0 unspecified atom stereocenters. The summed E-state index contributed by atoms with van der Waals surface area (Å²) in [5, 5.41) is 19.4. The highest BCUT2D eigenvalue weighted by molar-refractivity contribution is 9.05. The number of aromatic nitrogens is 2. The Kier molecular flexibility index (Phi) is 3.66. The summed E-state index contributed by atoms with van der Waals surface area (Å²) in [6.45, 7) is 0. The molecule has 1 aromatic heterocycles. The molecule has 10 heteroatoms. The molecule has 0 atom stereocenters. The summed E-state index contributed by atoms with van der Waals surface area (Å²) in [6.07, 6.45) is 0. The van der Waals surface area contributed by atoms with Gasteiger partial charge in [0, 0.05) is 0 Å². The molecular weight excluding hydrogens is 250 g/mol. The van der Waals surface area contributed by atoms with Gasteiger partial charge in [-0.25, -0.2) is 0 Å². The topological polar surface area (TPSA) is 109 Å². The van der Waals surface area contributed by atoms with Crippen molar-refractivity contribution in [2.24, 2.45) is 0 Å². The zero-order valence-electron chi connectivity index (χ0n) is 6.33. The van der Waals surface area contributed by atoms with E-state index < -0.39 is 22.0 Å². The smallest absolute Gasteiger partial charge is 0.395 e. The van der Waals surface area contributed by atoms with Crippen LogP contribution in [-0.2, 0) is 0 Å². The third-order valence-electron chi connectivity index (χ3n) is 1.15. The highest BCUT2D eigenvalue weighted by Gasteiger charge is 2.21. The van der Waals surface area contributed by atoms with Gasteiger partial charge < -0.3 is 5.11 Å². The molecule has 14 heavy (non-hydrogen) atoms. The van der Waals surface area contributed by atoms with Crippen LogP contribution in [0.15, 0.2) is 9.95 Å². The van der Waals surface area contributed by atoms with Crippen molar-refractivity contribution in [1.29, 1.82) is 0 Å². The lowest BCUT2D eigenvalue weighted by atomic mass is 10.5. The van der Waals surface area contributed by atoms with Gasteiger partial charge in [0.2, 0.25) is 0 Å². The van der Waals surface area contributed by atoms with Gasteiger partial charge in [-0.1, -0.05) is 11.7 Å². The van der Waals surface area contributed by atoms with E-state index in [1.165, 1.54) is 0 Å². The Hall–Kier alpha value is -0.870. The minimum atomic E-state index is -0.997. The van der Waals surface area contributed by atoms with Crippen molar-refractivity contribution in [2.75, 3.05) is 0 Å². The summed E-state index contributed by atoms with van der Waals surface area (Å²) in [5.74, 6) is -0.899. The van der Waals surface area contributed by atoms with Crippen LogP contribution in [-0.4, -0.2) is 20.0 Å². The number of nitrogens with zero attached hydrogens (tertiary/aromatic N) is 2. The minimum Gasteiger partial charge on any atom is -0.488 e. The van der Waals surface area contributed by atoms with Gasteiger partial charge in [0.15, 0.2) is 5.16 Å². The van der Waals surface area contributed by atoms with Crippen molar-refractivity contribution >= 4 is 38.0 Å². The van der Waals surface area contributed by atoms with E-state index in [9.17, 15) is 14.9 Å². The van der Waals surface area contributed by atoms with Crippen LogP contribution in [0.3, 0.4) is 0 Å². The molecule has 0 fully saturated rings. The van der Waals surface area contributed by atoms with E-state index in [4.69, 9.17) is 5.11 Å². The second kappa shape index (κ2) is 4.57. The number of H-pyrrole nitrogens is 1. The summed E-state index contributed by atoms with van der Waals surface area (Å²) < 4.78 is 0. The van der Waals surface area contributed by atoms with Crippen molar-refractivity contribution < 1.29 is 10.0 Å². The Labute approximate surface area is 89.7 Å². The number of hydrogen-bond donors (Lipinski definition) is 3. The molecular formula is C4H3N3O4S3. The normalized spacial score (nSPS) is 10.1. The van der Waals surface area contributed by atoms with Gasteiger partial charge >= 0.3 is 11.2 Å². The van der Waals surface area contributed by atoms with Crippen LogP contribution in [0, 0.1) is 10.1 Å². The second-order valence-electron chi connectivity index (χ2n) is 1.96. The fourth-order valence-electron chi connectivity index (χ4n) is 0.674. The molecule has 0 spiro atoms. The zero-order chi connectivity index (χ0) is 10.7. The fraction of sp³-hybridized carbons (Fsp3) is 0. The summed E-state index contributed by atoms with van der Waals surface area (Å²) in [6, 6.07) is 0. The van der Waals surface area contributed by atoms with Crippen LogP contribution in [0.1, 0.15) is 0 Å². The van der Waals surface area contributed by atoms with Crippen molar-refractivity contribution in [1.82, 2.24) is 9.97 Å². The molecule has 76 valence electrons. The molecule has 0 bridgehead atoms. The lowest BCUT2D eigenvalue weighted by molar-refractivity contribution is -0.387. The fourth-order valence-corrected chi connectivity index (χ4v) is 2.09. The average molecular weight is 253 g/mol. The number of nitrogens with one attached hydrogen (secondary N) is 1. The van der Waals surface area contributed by atoms with Gasteiger partial charge in [-0.2, -0.15) is 4.98 Å². The molecule has 0 saturated heterocycles. The Bertz CT molecular complexity index is 419. The van der Waals surface area contributed by atoms with Crippen LogP contribution in [0.5, 0.6) is 5.88 Å². The van der Waals surface area contributed by atoms with Crippen molar-refractivity contribution in [2.45, 2.75) is 5.16 Å². The lowest BCUT2D eigenvalue weighted by Gasteiger charge is -1.97. The van der Waals surface area contributed by atoms with Gasteiger partial charge in [0.1, 0.15) is 0 Å². The Balaban J connectivity index is 3.25. The third-order valence-corrected chi connectivity index (χ3v) is 2.95. The molecule has 1 rings (SSSR count). The van der Waals surface area contributed by atoms with Gasteiger partial charge in [0.25, 0.3) is 5.88 Å². The summed E-state index contributed by atoms with van der Waals surface area (Å²) >= 11 is 3.77. The van der Waals surface area contributed by atoms with Crippen LogP contribution < -0.4 is 5.56 Å². The largest absolute Gasteiger partial charge is 0.488 e. The number of aromatic hydroxyl groups is 1. The SMILES string of the molecule is O=c1[nH]c(SSS)nc(O)c1[N+](=O)[O-]. The minimum absolute atomic E-state index is 0.0538. The first-order chi connectivity index (χ1) is 6.56. The van der Waals surface area contributed by atoms with Gasteiger partial charge in [0.05, 0.1) is 4.92 Å². The second-order valence-corrected chi connectivity index (χ2v) is 4.95. The van der Waals surface area contributed by atoms with Crippen LogP contribution in [0.2, 0.25) is 0 Å². The molecule has 2 N–H and O–H groups in total. The van der Waals surface area contributed by atoms with E-state index in [-0.39, 0.29) is 5.16 Å². The number of hydrogen-bond acceptors (Lipinski definition) is 8. The summed E-state index contributed by atoms with van der Waals surface area (Å²) in [5.41, 5.74) is -1.95. The molecule has 0 amide bonds. The zero-order valence-corrected chi connectivity index (χ0v) is 8.86. The first kappa shape index (κ1) is 11.2. The highest BCUT2D eigenvalue weighted by Crippen LogP contribution is 2.31. The number of nitro groups is 1. The van der Waals surface area contributed by atoms with Crippen molar-refractivity contribution in [3.8, 4) is 5.88 Å². The summed E-state index contributed by atoms with van der Waals surface area (Å²) in [4.78, 5) is 25.8. The standard InChI is InChI=1S/C4H3N3O4S3/c8-2-1(7(10)11)3(9)6-4(5-2)13-14-12/h12H,(H2,5,6,8,9). The molecule has 0 aliphatic rings. The molecule has 1 aromatic rings. The lowest BCUT2D eigenvalue weighted by Crippen LogP contribution is -2.13. The van der Waals surface area contributed by atoms with E-state index in [1.807, 2.05) is 0 Å². The maximum Gasteiger partial charge on any atom is 0.395 e. The molecule has 0 radical (unpaired) electrons. The van der Waals surface area contributed by atoms with Crippen LogP contribution in [0.25, 0.3) is 0 Å². The predicted molar refractivity (Wildman–Crippen MR) is 55.6 cm³/mol. The Morgan fingerprint density at radius 3 is 2.71 bits per heavy atom. The molecule has 0 aliphatic heterocycles. The first-order valence-corrected chi connectivity index (χ1v) is 6.22. The van der Waals surface area contributed by atoms with Crippen LogP contribution in [0.4, 0.5) is 5.69 Å². The van der Waals surface area contributed by atoms with Crippen molar-refractivity contribution in [3.05, 3.63) is 20.5 Å². The Morgan fingerprint density at radius 1 is 1.64 bits per heavy atom. The number of rotatable bonds is 3.